The van der Waals surface area contributed by atoms with Gasteiger partial charge in [0.2, 0.25) is 0 Å². The van der Waals surface area contributed by atoms with E-state index in [0.29, 0.717) is 12.6 Å². The topological polar surface area (TPSA) is 48.1 Å². The number of nitrogens with two attached hydrogens (primary N) is 1. The molecule has 0 aromatic carbocycles. The van der Waals surface area contributed by atoms with Gasteiger partial charge in [0.25, 0.3) is 0 Å². The quantitative estimate of drug-likeness (QED) is 0.760. The third kappa shape index (κ3) is 1.98. The zero-order valence-electron chi connectivity index (χ0n) is 7.79. The Morgan fingerprint density at radius 2 is 2.38 bits per heavy atom. The van der Waals surface area contributed by atoms with Gasteiger partial charge in [-0.3, -0.25) is 4.98 Å². The Morgan fingerprint density at radius 1 is 1.62 bits per heavy atom. The Balaban J connectivity index is 2.19. The summed E-state index contributed by atoms with van der Waals surface area (Å²) in [6, 6.07) is 1.99. The van der Waals surface area contributed by atoms with Gasteiger partial charge in [-0.15, -0.1) is 0 Å². The van der Waals surface area contributed by atoms with E-state index in [-0.39, 0.29) is 0 Å². The summed E-state index contributed by atoms with van der Waals surface area (Å²) in [7, 11) is 0. The van der Waals surface area contributed by atoms with Crippen molar-refractivity contribution in [2.75, 3.05) is 0 Å². The van der Waals surface area contributed by atoms with E-state index in [1.165, 1.54) is 12.8 Å². The molecule has 0 radical (unpaired) electrons. The number of rotatable bonds is 3. The van der Waals surface area contributed by atoms with E-state index in [9.17, 15) is 0 Å². The van der Waals surface area contributed by atoms with Gasteiger partial charge in [0.1, 0.15) is 5.75 Å². The SMILES string of the molecule is Cc1ncc(CN)cc1OC1CC1. The molecule has 1 aromatic heterocycles. The van der Waals surface area contributed by atoms with Crippen molar-refractivity contribution in [3.05, 3.63) is 23.5 Å². The van der Waals surface area contributed by atoms with Gasteiger partial charge >= 0.3 is 0 Å². The first-order valence-electron chi connectivity index (χ1n) is 4.62. The minimum absolute atomic E-state index is 0.425. The van der Waals surface area contributed by atoms with Crippen molar-refractivity contribution < 1.29 is 4.74 Å². The fourth-order valence-corrected chi connectivity index (χ4v) is 1.15. The average Bonchev–Trinajstić information content (AvgIpc) is 2.93. The standard InChI is InChI=1S/C10H14N2O/c1-7-10(13-9-2-3-9)4-8(5-11)6-12-7/h4,6,9H,2-3,5,11H2,1H3. The fraction of sp³-hybridized carbons (Fsp3) is 0.500. The first kappa shape index (κ1) is 8.51. The lowest BCUT2D eigenvalue weighted by atomic mass is 10.2. The zero-order valence-corrected chi connectivity index (χ0v) is 7.79. The second-order valence-electron chi connectivity index (χ2n) is 3.45. The molecular formula is C10H14N2O. The summed E-state index contributed by atoms with van der Waals surface area (Å²) in [6.07, 6.45) is 4.57. The average molecular weight is 178 g/mol. The van der Waals surface area contributed by atoms with Crippen LogP contribution in [0.3, 0.4) is 0 Å². The highest BCUT2D eigenvalue weighted by molar-refractivity contribution is 5.31. The summed E-state index contributed by atoms with van der Waals surface area (Å²) in [5, 5.41) is 0. The first-order valence-corrected chi connectivity index (χ1v) is 4.62. The largest absolute Gasteiger partial charge is 0.489 e. The minimum atomic E-state index is 0.425. The predicted octanol–water partition coefficient (Wildman–Crippen LogP) is 1.39. The van der Waals surface area contributed by atoms with Crippen molar-refractivity contribution in [3.8, 4) is 5.75 Å². The molecule has 2 rings (SSSR count). The molecule has 0 saturated heterocycles. The molecule has 0 spiro atoms. The number of nitrogens with zero attached hydrogens (tertiary/aromatic N) is 1. The van der Waals surface area contributed by atoms with E-state index in [0.717, 1.165) is 17.0 Å². The molecule has 13 heavy (non-hydrogen) atoms. The van der Waals surface area contributed by atoms with Crippen LogP contribution in [0.4, 0.5) is 0 Å². The Hall–Kier alpha value is -1.09. The maximum Gasteiger partial charge on any atom is 0.141 e. The van der Waals surface area contributed by atoms with E-state index < -0.39 is 0 Å². The summed E-state index contributed by atoms with van der Waals surface area (Å²) >= 11 is 0. The highest BCUT2D eigenvalue weighted by Gasteiger charge is 2.24. The molecule has 3 nitrogen and oxygen atoms in total. The maximum absolute atomic E-state index is 5.68. The smallest absolute Gasteiger partial charge is 0.141 e. The molecule has 0 bridgehead atoms. The van der Waals surface area contributed by atoms with Crippen LogP contribution in [-0.2, 0) is 6.54 Å². The van der Waals surface area contributed by atoms with Crippen LogP contribution in [0, 0.1) is 6.92 Å². The van der Waals surface area contributed by atoms with Crippen LogP contribution in [0.1, 0.15) is 24.1 Å². The second-order valence-corrected chi connectivity index (χ2v) is 3.45. The maximum atomic E-state index is 5.68. The lowest BCUT2D eigenvalue weighted by Crippen LogP contribution is -2.03. The summed E-state index contributed by atoms with van der Waals surface area (Å²) in [6.45, 7) is 2.48. The molecule has 1 heterocycles. The minimum Gasteiger partial charge on any atom is -0.489 e. The molecule has 0 aliphatic heterocycles. The fourth-order valence-electron chi connectivity index (χ4n) is 1.15. The second kappa shape index (κ2) is 3.34. The van der Waals surface area contributed by atoms with Crippen molar-refractivity contribution in [2.24, 2.45) is 5.73 Å². The Bertz CT molecular complexity index is 308. The van der Waals surface area contributed by atoms with Gasteiger partial charge in [-0.2, -0.15) is 0 Å². The van der Waals surface area contributed by atoms with Gasteiger partial charge in [-0.05, 0) is 31.4 Å². The summed E-state index contributed by atoms with van der Waals surface area (Å²) < 4.78 is 5.68. The number of hydrogen-bond donors (Lipinski definition) is 1. The van der Waals surface area contributed by atoms with Gasteiger partial charge in [0, 0.05) is 12.7 Å². The van der Waals surface area contributed by atoms with Crippen molar-refractivity contribution >= 4 is 0 Å². The Labute approximate surface area is 77.9 Å². The molecule has 1 fully saturated rings. The van der Waals surface area contributed by atoms with Crippen LogP contribution in [-0.4, -0.2) is 11.1 Å². The van der Waals surface area contributed by atoms with E-state index in [1.807, 2.05) is 13.0 Å². The van der Waals surface area contributed by atoms with Crippen LogP contribution >= 0.6 is 0 Å². The first-order chi connectivity index (χ1) is 6.29. The molecule has 3 heteroatoms. The predicted molar refractivity (Wildman–Crippen MR) is 50.5 cm³/mol. The van der Waals surface area contributed by atoms with Crippen molar-refractivity contribution in [2.45, 2.75) is 32.4 Å². The van der Waals surface area contributed by atoms with Gasteiger partial charge in [0.15, 0.2) is 0 Å². The molecule has 1 aliphatic carbocycles. The highest BCUT2D eigenvalue weighted by atomic mass is 16.5. The van der Waals surface area contributed by atoms with Crippen LogP contribution in [0.15, 0.2) is 12.3 Å². The van der Waals surface area contributed by atoms with Crippen molar-refractivity contribution in [3.63, 3.8) is 0 Å². The van der Waals surface area contributed by atoms with Gasteiger partial charge in [-0.25, -0.2) is 0 Å². The molecule has 0 unspecified atom stereocenters. The van der Waals surface area contributed by atoms with E-state index >= 15 is 0 Å². The van der Waals surface area contributed by atoms with Gasteiger partial charge in [-0.1, -0.05) is 0 Å². The molecule has 1 aliphatic rings. The van der Waals surface area contributed by atoms with Crippen molar-refractivity contribution in [1.29, 1.82) is 0 Å². The summed E-state index contributed by atoms with van der Waals surface area (Å²) in [5.41, 5.74) is 7.50. The number of hydrogen-bond acceptors (Lipinski definition) is 3. The highest BCUT2D eigenvalue weighted by Crippen LogP contribution is 2.28. The molecule has 0 amide bonds. The lowest BCUT2D eigenvalue weighted by Gasteiger charge is -2.08. The Kier molecular flexibility index (Phi) is 2.19. The third-order valence-electron chi connectivity index (χ3n) is 2.15. The summed E-state index contributed by atoms with van der Waals surface area (Å²) in [4.78, 5) is 4.23. The molecular weight excluding hydrogens is 164 g/mol. The summed E-state index contributed by atoms with van der Waals surface area (Å²) in [5.74, 6) is 0.894. The number of ether oxygens (including phenoxy) is 1. The Morgan fingerprint density at radius 3 is 3.00 bits per heavy atom. The molecule has 70 valence electrons. The van der Waals surface area contributed by atoms with E-state index in [1.54, 1.807) is 6.20 Å². The van der Waals surface area contributed by atoms with E-state index in [2.05, 4.69) is 4.98 Å². The lowest BCUT2D eigenvalue weighted by molar-refractivity contribution is 0.299. The number of pyridine rings is 1. The molecule has 0 atom stereocenters. The number of aromatic nitrogens is 1. The molecule has 1 saturated carbocycles. The van der Waals surface area contributed by atoms with Crippen LogP contribution in [0.25, 0.3) is 0 Å². The van der Waals surface area contributed by atoms with Crippen molar-refractivity contribution in [1.82, 2.24) is 4.98 Å². The van der Waals surface area contributed by atoms with Crippen LogP contribution < -0.4 is 10.5 Å². The number of aryl methyl sites for hydroxylation is 1. The van der Waals surface area contributed by atoms with Gasteiger partial charge < -0.3 is 10.5 Å². The zero-order chi connectivity index (χ0) is 9.26. The van der Waals surface area contributed by atoms with Gasteiger partial charge in [0.05, 0.1) is 11.8 Å². The molecule has 1 aromatic rings. The van der Waals surface area contributed by atoms with Crippen LogP contribution in [0.5, 0.6) is 5.75 Å². The molecule has 2 N–H and O–H groups in total. The third-order valence-corrected chi connectivity index (χ3v) is 2.15. The normalized spacial score (nSPS) is 15.8. The van der Waals surface area contributed by atoms with Crippen LogP contribution in [0.2, 0.25) is 0 Å². The van der Waals surface area contributed by atoms with E-state index in [4.69, 9.17) is 10.5 Å². The monoisotopic (exact) mass is 178 g/mol.